The fourth-order valence-corrected chi connectivity index (χ4v) is 5.04. The summed E-state index contributed by atoms with van der Waals surface area (Å²) in [6.07, 6.45) is 1.24. The molecule has 0 aliphatic heterocycles. The van der Waals surface area contributed by atoms with Gasteiger partial charge in [0.1, 0.15) is 11.5 Å². The number of phenols is 2. The van der Waals surface area contributed by atoms with Crippen LogP contribution in [0.2, 0.25) is 0 Å². The average Bonchev–Trinajstić information content (AvgIpc) is 3.43. The average molecular weight is 471 g/mol. The Balaban J connectivity index is 1.62. The van der Waals surface area contributed by atoms with E-state index in [0.717, 1.165) is 21.2 Å². The zero-order valence-corrected chi connectivity index (χ0v) is 18.6. The highest BCUT2D eigenvalue weighted by molar-refractivity contribution is 7.21. The van der Waals surface area contributed by atoms with Crippen LogP contribution in [0.5, 0.6) is 17.4 Å². The molecule has 0 spiro atoms. The Morgan fingerprint density at radius 3 is 2.44 bits per heavy atom. The molecule has 0 saturated carbocycles. The van der Waals surface area contributed by atoms with E-state index in [9.17, 15) is 19.8 Å². The Morgan fingerprint density at radius 2 is 1.71 bits per heavy atom. The van der Waals surface area contributed by atoms with Crippen molar-refractivity contribution in [3.63, 3.8) is 0 Å². The smallest absolute Gasteiger partial charge is 0.299 e. The van der Waals surface area contributed by atoms with Gasteiger partial charge in [0.2, 0.25) is 11.7 Å². The summed E-state index contributed by atoms with van der Waals surface area (Å²) in [6.45, 7) is 2.05. The van der Waals surface area contributed by atoms with E-state index in [2.05, 4.69) is 4.98 Å². The molecule has 34 heavy (non-hydrogen) atoms. The number of benzene rings is 3. The van der Waals surface area contributed by atoms with Gasteiger partial charge in [0.05, 0.1) is 4.88 Å². The molecule has 3 aromatic carbocycles. The summed E-state index contributed by atoms with van der Waals surface area (Å²) in [6, 6.07) is 17.0. The highest BCUT2D eigenvalue weighted by Gasteiger charge is 2.23. The summed E-state index contributed by atoms with van der Waals surface area (Å²) in [4.78, 5) is 28.7. The van der Waals surface area contributed by atoms with Crippen LogP contribution in [0, 0.1) is 6.92 Å². The summed E-state index contributed by atoms with van der Waals surface area (Å²) >= 11 is 1.31. The Kier molecular flexibility index (Phi) is 5.35. The van der Waals surface area contributed by atoms with Gasteiger partial charge in [0.15, 0.2) is 6.26 Å². The number of nitrogens with zero attached hydrogens (tertiary/aromatic N) is 1. The third-order valence-electron chi connectivity index (χ3n) is 5.41. The Labute approximate surface area is 197 Å². The predicted octanol–water partition coefficient (Wildman–Crippen LogP) is 5.71. The lowest BCUT2D eigenvalue weighted by Crippen LogP contribution is -2.03. The van der Waals surface area contributed by atoms with Gasteiger partial charge >= 0.3 is 0 Å². The van der Waals surface area contributed by atoms with Crippen LogP contribution in [0.15, 0.2) is 71.3 Å². The van der Waals surface area contributed by atoms with Crippen LogP contribution in [0.3, 0.4) is 0 Å². The van der Waals surface area contributed by atoms with Gasteiger partial charge in [0.25, 0.3) is 12.4 Å². The molecule has 0 bridgehead atoms. The van der Waals surface area contributed by atoms with E-state index in [1.165, 1.54) is 23.7 Å². The third kappa shape index (κ3) is 3.80. The van der Waals surface area contributed by atoms with Crippen LogP contribution in [-0.4, -0.2) is 27.5 Å². The molecular weight excluding hydrogens is 454 g/mol. The summed E-state index contributed by atoms with van der Waals surface area (Å²) in [7, 11) is 0. The number of aromatic nitrogens is 1. The number of oxazole rings is 1. The van der Waals surface area contributed by atoms with Crippen molar-refractivity contribution in [3.05, 3.63) is 82.9 Å². The first-order valence-corrected chi connectivity index (χ1v) is 11.0. The van der Waals surface area contributed by atoms with Crippen LogP contribution < -0.4 is 4.74 Å². The molecule has 0 saturated heterocycles. The summed E-state index contributed by atoms with van der Waals surface area (Å²) < 4.78 is 10.8. The summed E-state index contributed by atoms with van der Waals surface area (Å²) in [5.41, 5.74) is 3.39. The van der Waals surface area contributed by atoms with Crippen molar-refractivity contribution in [1.82, 2.24) is 4.98 Å². The molecule has 2 heterocycles. The molecule has 168 valence electrons. The number of hydrogen-bond acceptors (Lipinski definition) is 8. The molecule has 0 amide bonds. The van der Waals surface area contributed by atoms with E-state index in [0.29, 0.717) is 27.5 Å². The second kappa shape index (κ2) is 8.49. The predicted molar refractivity (Wildman–Crippen MR) is 127 cm³/mol. The molecule has 0 radical (unpaired) electrons. The lowest BCUT2D eigenvalue weighted by Gasteiger charge is -2.08. The van der Waals surface area contributed by atoms with Gasteiger partial charge in [-0.25, -0.2) is 0 Å². The maximum atomic E-state index is 13.6. The van der Waals surface area contributed by atoms with E-state index in [1.54, 1.807) is 49.4 Å². The lowest BCUT2D eigenvalue weighted by molar-refractivity contribution is -0.120. The molecule has 0 aliphatic carbocycles. The number of rotatable bonds is 6. The molecular formula is C26H17NO6S. The quantitative estimate of drug-likeness (QED) is 0.241. The fourth-order valence-electron chi connectivity index (χ4n) is 3.83. The number of fused-ring (bicyclic) bond motifs is 1. The lowest BCUT2D eigenvalue weighted by atomic mass is 9.96. The van der Waals surface area contributed by atoms with Crippen LogP contribution >= 0.6 is 11.3 Å². The molecule has 0 atom stereocenters. The van der Waals surface area contributed by atoms with Gasteiger partial charge < -0.3 is 19.4 Å². The van der Waals surface area contributed by atoms with Gasteiger partial charge in [-0.1, -0.05) is 12.1 Å². The fraction of sp³-hybridized carbons (Fsp3) is 0.0385. The SMILES string of the molecule is Cc1cc(O)ccc1C(=O)c1sc2cc(O)ccc2c1-c1ccc(-c2nc(OC=O)co2)cc1. The van der Waals surface area contributed by atoms with Crippen LogP contribution in [0.4, 0.5) is 0 Å². The summed E-state index contributed by atoms with van der Waals surface area (Å²) in [5, 5.41) is 20.6. The van der Waals surface area contributed by atoms with Crippen LogP contribution in [0.25, 0.3) is 32.7 Å². The van der Waals surface area contributed by atoms with Crippen molar-refractivity contribution in [3.8, 4) is 40.0 Å². The van der Waals surface area contributed by atoms with Crippen molar-refractivity contribution in [2.45, 2.75) is 6.92 Å². The zero-order chi connectivity index (χ0) is 23.8. The first-order chi connectivity index (χ1) is 16.4. The molecule has 2 aromatic heterocycles. The Hall–Kier alpha value is -4.43. The highest BCUT2D eigenvalue weighted by atomic mass is 32.1. The molecule has 7 nitrogen and oxygen atoms in total. The second-order valence-electron chi connectivity index (χ2n) is 7.60. The number of carbonyl (C=O) groups is 2. The van der Waals surface area contributed by atoms with Gasteiger partial charge in [-0.05, 0) is 66.6 Å². The van der Waals surface area contributed by atoms with E-state index >= 15 is 0 Å². The minimum Gasteiger partial charge on any atom is -0.508 e. The second-order valence-corrected chi connectivity index (χ2v) is 8.65. The molecule has 0 fully saturated rings. The third-order valence-corrected chi connectivity index (χ3v) is 6.56. The van der Waals surface area contributed by atoms with Crippen molar-refractivity contribution >= 4 is 33.7 Å². The first kappa shape index (κ1) is 21.4. The van der Waals surface area contributed by atoms with Crippen molar-refractivity contribution < 1.29 is 29.0 Å². The number of phenolic OH excluding ortho intramolecular Hbond substituents is 2. The molecule has 0 aliphatic rings. The topological polar surface area (TPSA) is 110 Å². The van der Waals surface area contributed by atoms with Gasteiger partial charge in [-0.2, -0.15) is 4.98 Å². The monoisotopic (exact) mass is 471 g/mol. The van der Waals surface area contributed by atoms with Crippen LogP contribution in [0.1, 0.15) is 20.8 Å². The number of ketones is 1. The number of ether oxygens (including phenoxy) is 1. The molecule has 0 unspecified atom stereocenters. The molecule has 8 heteroatoms. The normalized spacial score (nSPS) is 11.0. The van der Waals surface area contributed by atoms with E-state index < -0.39 is 0 Å². The Morgan fingerprint density at radius 1 is 1.00 bits per heavy atom. The number of aromatic hydroxyl groups is 2. The standard InChI is InChI=1S/C26H17NO6S/c1-14-10-17(29)6-8-19(14)24(31)25-23(20-9-7-18(30)11-21(20)34-25)15-2-4-16(5-3-15)26-27-22(12-32-26)33-13-28/h2-13,29-30H,1H3. The minimum atomic E-state index is -0.166. The minimum absolute atomic E-state index is 0.0647. The van der Waals surface area contributed by atoms with E-state index in [4.69, 9.17) is 9.15 Å². The number of aryl methyl sites for hydroxylation is 1. The van der Waals surface area contributed by atoms with Crippen LogP contribution in [-0.2, 0) is 4.79 Å². The Bertz CT molecular complexity index is 1550. The van der Waals surface area contributed by atoms with E-state index in [-0.39, 0.29) is 29.6 Å². The van der Waals surface area contributed by atoms with Crippen molar-refractivity contribution in [1.29, 1.82) is 0 Å². The molecule has 2 N–H and O–H groups in total. The zero-order valence-electron chi connectivity index (χ0n) is 17.8. The van der Waals surface area contributed by atoms with Gasteiger partial charge in [-0.15, -0.1) is 11.3 Å². The number of thiophene rings is 1. The number of carbonyl (C=O) groups excluding carboxylic acids is 2. The van der Waals surface area contributed by atoms with Gasteiger partial charge in [0, 0.05) is 26.8 Å². The molecule has 5 rings (SSSR count). The number of hydrogen-bond donors (Lipinski definition) is 2. The summed E-state index contributed by atoms with van der Waals surface area (Å²) in [5.74, 6) is 0.405. The highest BCUT2D eigenvalue weighted by Crippen LogP contribution is 2.42. The maximum absolute atomic E-state index is 13.6. The largest absolute Gasteiger partial charge is 0.508 e. The van der Waals surface area contributed by atoms with Gasteiger partial charge in [-0.3, -0.25) is 9.59 Å². The van der Waals surface area contributed by atoms with Crippen molar-refractivity contribution in [2.24, 2.45) is 0 Å². The maximum Gasteiger partial charge on any atom is 0.299 e. The van der Waals surface area contributed by atoms with E-state index in [1.807, 2.05) is 12.1 Å². The first-order valence-electron chi connectivity index (χ1n) is 10.2. The molecule has 5 aromatic rings. The van der Waals surface area contributed by atoms with Crippen molar-refractivity contribution in [2.75, 3.05) is 0 Å².